The Labute approximate surface area is 127 Å². The van der Waals surface area contributed by atoms with Crippen LogP contribution in [0.4, 0.5) is 0 Å². The van der Waals surface area contributed by atoms with Crippen molar-refractivity contribution in [3.05, 3.63) is 32.7 Å². The van der Waals surface area contributed by atoms with Crippen LogP contribution in [0, 0.1) is 5.92 Å². The molecule has 0 aromatic heterocycles. The molecule has 1 fully saturated rings. The zero-order valence-electron chi connectivity index (χ0n) is 10.9. The van der Waals surface area contributed by atoms with Gasteiger partial charge in [-0.1, -0.05) is 51.6 Å². The van der Waals surface area contributed by atoms with Crippen LogP contribution in [0.3, 0.4) is 0 Å². The molecule has 1 saturated carbocycles. The van der Waals surface area contributed by atoms with Crippen molar-refractivity contribution in [1.29, 1.82) is 0 Å². The van der Waals surface area contributed by atoms with Crippen molar-refractivity contribution < 1.29 is 0 Å². The number of hydrogen-bond donors (Lipinski definition) is 1. The van der Waals surface area contributed by atoms with Crippen LogP contribution >= 0.6 is 31.9 Å². The first-order valence-electron chi connectivity index (χ1n) is 6.88. The van der Waals surface area contributed by atoms with Crippen LogP contribution in [0.2, 0.25) is 0 Å². The lowest BCUT2D eigenvalue weighted by Gasteiger charge is -2.19. The van der Waals surface area contributed by atoms with E-state index in [1.165, 1.54) is 37.7 Å². The summed E-state index contributed by atoms with van der Waals surface area (Å²) in [5.74, 6) is 1.01. The molecule has 1 aromatic carbocycles. The van der Waals surface area contributed by atoms with E-state index in [9.17, 15) is 0 Å². The summed E-state index contributed by atoms with van der Waals surface area (Å²) >= 11 is 7.17. The van der Waals surface area contributed by atoms with Crippen molar-refractivity contribution in [3.63, 3.8) is 0 Å². The summed E-state index contributed by atoms with van der Waals surface area (Å²) in [6.07, 6.45) is 6.71. The fourth-order valence-corrected chi connectivity index (χ4v) is 3.62. The maximum absolute atomic E-state index is 3.68. The summed E-state index contributed by atoms with van der Waals surface area (Å²) in [6, 6.07) is 7.08. The molecule has 0 amide bonds. The summed E-state index contributed by atoms with van der Waals surface area (Å²) in [7, 11) is 0. The molecule has 1 N–H and O–H groups in total. The molecule has 1 unspecified atom stereocenters. The summed E-state index contributed by atoms with van der Waals surface area (Å²) in [5.41, 5.74) is 1.39. The molecule has 0 saturated heterocycles. The van der Waals surface area contributed by atoms with Gasteiger partial charge in [-0.05, 0) is 55.5 Å². The number of rotatable bonds is 7. The third kappa shape index (κ3) is 4.67. The normalized spacial score (nSPS) is 16.8. The molecular formula is C15H21Br2N. The quantitative estimate of drug-likeness (QED) is 0.669. The first kappa shape index (κ1) is 14.5. The van der Waals surface area contributed by atoms with Crippen molar-refractivity contribution >= 4 is 31.9 Å². The van der Waals surface area contributed by atoms with E-state index in [2.05, 4.69) is 62.3 Å². The highest BCUT2D eigenvalue weighted by atomic mass is 79.9. The minimum Gasteiger partial charge on any atom is -0.310 e. The molecule has 1 nitrogen and oxygen atoms in total. The molecule has 1 aliphatic carbocycles. The molecule has 0 radical (unpaired) electrons. The first-order chi connectivity index (χ1) is 8.69. The maximum atomic E-state index is 3.68. The third-order valence-corrected chi connectivity index (χ3v) is 4.40. The van der Waals surface area contributed by atoms with Crippen molar-refractivity contribution in [2.75, 3.05) is 6.54 Å². The molecule has 0 aliphatic heterocycles. The molecule has 0 heterocycles. The van der Waals surface area contributed by atoms with E-state index in [-0.39, 0.29) is 0 Å². The summed E-state index contributed by atoms with van der Waals surface area (Å²) in [6.45, 7) is 3.32. The number of halogens is 2. The smallest absolute Gasteiger partial charge is 0.0321 e. The predicted molar refractivity (Wildman–Crippen MR) is 84.8 cm³/mol. The van der Waals surface area contributed by atoms with Crippen LogP contribution < -0.4 is 5.32 Å². The Hall–Kier alpha value is 0.140. The molecule has 100 valence electrons. The maximum Gasteiger partial charge on any atom is 0.0321 e. The van der Waals surface area contributed by atoms with Crippen molar-refractivity contribution in [2.45, 2.75) is 45.1 Å². The van der Waals surface area contributed by atoms with E-state index in [1.54, 1.807) is 0 Å². The second-order valence-corrected chi connectivity index (χ2v) is 7.06. The van der Waals surface area contributed by atoms with Crippen molar-refractivity contribution in [3.8, 4) is 0 Å². The number of benzene rings is 1. The zero-order chi connectivity index (χ0) is 13.0. The van der Waals surface area contributed by atoms with E-state index < -0.39 is 0 Å². The third-order valence-electron chi connectivity index (χ3n) is 3.49. The van der Waals surface area contributed by atoms with Gasteiger partial charge >= 0.3 is 0 Å². The first-order valence-corrected chi connectivity index (χ1v) is 8.47. The van der Waals surface area contributed by atoms with Gasteiger partial charge in [0.2, 0.25) is 0 Å². The number of nitrogens with one attached hydrogen (secondary N) is 1. The second-order valence-electron chi connectivity index (χ2n) is 5.23. The van der Waals surface area contributed by atoms with Gasteiger partial charge in [-0.15, -0.1) is 0 Å². The molecule has 1 aromatic rings. The largest absolute Gasteiger partial charge is 0.310 e. The van der Waals surface area contributed by atoms with Gasteiger partial charge in [-0.3, -0.25) is 0 Å². The highest BCUT2D eigenvalue weighted by molar-refractivity contribution is 9.11. The minimum absolute atomic E-state index is 0.499. The predicted octanol–water partition coefficient (Wildman–Crippen LogP) is 5.44. The Balaban J connectivity index is 2.03. The van der Waals surface area contributed by atoms with Gasteiger partial charge in [0.15, 0.2) is 0 Å². The highest BCUT2D eigenvalue weighted by Crippen LogP contribution is 2.36. The Morgan fingerprint density at radius 3 is 2.44 bits per heavy atom. The molecule has 0 bridgehead atoms. The topological polar surface area (TPSA) is 12.0 Å². The standard InChI is InChI=1S/C15H21Br2N/c1-2-7-18-15(6-5-11-3-4-11)12-8-13(16)10-14(17)9-12/h8-11,15,18H,2-7H2,1H3. The van der Waals surface area contributed by atoms with Crippen LogP contribution in [0.1, 0.15) is 50.6 Å². The van der Waals surface area contributed by atoms with Gasteiger partial charge < -0.3 is 5.32 Å². The highest BCUT2D eigenvalue weighted by Gasteiger charge is 2.23. The Morgan fingerprint density at radius 2 is 1.89 bits per heavy atom. The molecular weight excluding hydrogens is 354 g/mol. The van der Waals surface area contributed by atoms with Crippen LogP contribution in [-0.4, -0.2) is 6.54 Å². The Morgan fingerprint density at radius 1 is 1.22 bits per heavy atom. The van der Waals surface area contributed by atoms with Gasteiger partial charge in [0.25, 0.3) is 0 Å². The lowest BCUT2D eigenvalue weighted by atomic mass is 10.0. The minimum atomic E-state index is 0.499. The molecule has 1 atom stereocenters. The number of hydrogen-bond acceptors (Lipinski definition) is 1. The van der Waals surface area contributed by atoms with Crippen LogP contribution in [0.25, 0.3) is 0 Å². The summed E-state index contributed by atoms with van der Waals surface area (Å²) in [4.78, 5) is 0. The van der Waals surface area contributed by atoms with Crippen molar-refractivity contribution in [1.82, 2.24) is 5.32 Å². The van der Waals surface area contributed by atoms with E-state index in [4.69, 9.17) is 0 Å². The van der Waals surface area contributed by atoms with Gasteiger partial charge in [0, 0.05) is 15.0 Å². The Bertz CT molecular complexity index is 368. The SMILES string of the molecule is CCCNC(CCC1CC1)c1cc(Br)cc(Br)c1. The van der Waals surface area contributed by atoms with Crippen LogP contribution in [0.15, 0.2) is 27.1 Å². The average Bonchev–Trinajstić information content (AvgIpc) is 3.11. The van der Waals surface area contributed by atoms with Gasteiger partial charge in [-0.2, -0.15) is 0 Å². The summed E-state index contributed by atoms with van der Waals surface area (Å²) < 4.78 is 2.31. The average molecular weight is 375 g/mol. The van der Waals surface area contributed by atoms with Crippen LogP contribution in [-0.2, 0) is 0 Å². The Kier molecular flexibility index (Phi) is 5.71. The van der Waals surface area contributed by atoms with Gasteiger partial charge in [-0.25, -0.2) is 0 Å². The van der Waals surface area contributed by atoms with E-state index in [1.807, 2.05) is 0 Å². The zero-order valence-corrected chi connectivity index (χ0v) is 14.1. The molecule has 0 spiro atoms. The molecule has 18 heavy (non-hydrogen) atoms. The van der Waals surface area contributed by atoms with Crippen LogP contribution in [0.5, 0.6) is 0 Å². The van der Waals surface area contributed by atoms with Gasteiger partial charge in [0.1, 0.15) is 0 Å². The molecule has 1 aliphatic rings. The lowest BCUT2D eigenvalue weighted by Crippen LogP contribution is -2.22. The second kappa shape index (κ2) is 7.06. The molecule has 2 rings (SSSR count). The fourth-order valence-electron chi connectivity index (χ4n) is 2.29. The van der Waals surface area contributed by atoms with E-state index in [0.29, 0.717) is 6.04 Å². The summed E-state index contributed by atoms with van der Waals surface area (Å²) in [5, 5.41) is 3.68. The van der Waals surface area contributed by atoms with E-state index >= 15 is 0 Å². The lowest BCUT2D eigenvalue weighted by molar-refractivity contribution is 0.470. The van der Waals surface area contributed by atoms with Gasteiger partial charge in [0.05, 0.1) is 0 Å². The molecule has 3 heteroatoms. The monoisotopic (exact) mass is 373 g/mol. The van der Waals surface area contributed by atoms with Crippen molar-refractivity contribution in [2.24, 2.45) is 5.92 Å². The van der Waals surface area contributed by atoms with E-state index in [0.717, 1.165) is 21.4 Å². The fraction of sp³-hybridized carbons (Fsp3) is 0.600.